The number of morpholine rings is 1. The molecule has 2 heterocycles. The van der Waals surface area contributed by atoms with Crippen LogP contribution in [-0.4, -0.2) is 75.2 Å². The normalized spacial score (nSPS) is 20.9. The average molecular weight is 451 g/mol. The van der Waals surface area contributed by atoms with Gasteiger partial charge < -0.3 is 24.5 Å². The van der Waals surface area contributed by atoms with Crippen molar-refractivity contribution in [1.29, 1.82) is 0 Å². The quantitative estimate of drug-likeness (QED) is 0.395. The molecule has 2 fully saturated rings. The minimum atomic E-state index is -0.633. The second-order valence-corrected chi connectivity index (χ2v) is 8.96. The highest BCUT2D eigenvalue weighted by Crippen LogP contribution is 2.39. The van der Waals surface area contributed by atoms with Crippen molar-refractivity contribution in [3.63, 3.8) is 0 Å². The minimum Gasteiger partial charge on any atom is -0.507 e. The summed E-state index contributed by atoms with van der Waals surface area (Å²) >= 11 is 0. The van der Waals surface area contributed by atoms with Crippen LogP contribution in [0.4, 0.5) is 5.69 Å². The summed E-state index contributed by atoms with van der Waals surface area (Å²) in [6.45, 7) is 6.31. The van der Waals surface area contributed by atoms with Gasteiger partial charge in [-0.3, -0.25) is 9.59 Å². The summed E-state index contributed by atoms with van der Waals surface area (Å²) in [7, 11) is 3.92. The van der Waals surface area contributed by atoms with Crippen LogP contribution in [-0.2, 0) is 14.3 Å². The van der Waals surface area contributed by atoms with Gasteiger partial charge in [-0.05, 0) is 24.6 Å². The zero-order valence-corrected chi connectivity index (χ0v) is 19.5. The fraction of sp³-hybridized carbons (Fsp3) is 0.385. The molecule has 1 amide bonds. The van der Waals surface area contributed by atoms with E-state index in [1.54, 1.807) is 17.0 Å². The Balaban J connectivity index is 1.73. The van der Waals surface area contributed by atoms with Gasteiger partial charge in [-0.25, -0.2) is 0 Å². The highest BCUT2D eigenvalue weighted by atomic mass is 16.5. The van der Waals surface area contributed by atoms with E-state index >= 15 is 0 Å². The summed E-state index contributed by atoms with van der Waals surface area (Å²) in [6, 6.07) is 14.5. The van der Waals surface area contributed by atoms with Crippen LogP contribution in [0, 0.1) is 6.92 Å². The minimum absolute atomic E-state index is 0.128. The van der Waals surface area contributed by atoms with Crippen molar-refractivity contribution in [3.05, 3.63) is 70.8 Å². The second kappa shape index (κ2) is 9.77. The highest BCUT2D eigenvalue weighted by Gasteiger charge is 2.46. The van der Waals surface area contributed by atoms with Crippen molar-refractivity contribution < 1.29 is 24.3 Å². The van der Waals surface area contributed by atoms with Gasteiger partial charge in [0.1, 0.15) is 18.8 Å². The number of aliphatic hydroxyl groups excluding tert-OH is 1. The number of benzene rings is 2. The molecule has 0 bridgehead atoms. The van der Waals surface area contributed by atoms with Crippen LogP contribution >= 0.6 is 0 Å². The SMILES string of the molecule is Cc1ccc(C(O)=C2C(=O)C(=O)N(CC[NH+]3CCOCC3)C2c2ccc(N(C)C)cc2)cc1. The number of nitrogens with zero attached hydrogens (tertiary/aromatic N) is 2. The summed E-state index contributed by atoms with van der Waals surface area (Å²) in [5, 5.41) is 11.2. The number of Topliss-reactive ketones (excluding diaryl/α,β-unsaturated/α-hetero) is 1. The molecule has 2 N–H and O–H groups in total. The summed E-state index contributed by atoms with van der Waals surface area (Å²) < 4.78 is 5.44. The summed E-state index contributed by atoms with van der Waals surface area (Å²) in [4.78, 5) is 31.3. The van der Waals surface area contributed by atoms with Crippen molar-refractivity contribution in [2.75, 3.05) is 58.4 Å². The first kappa shape index (κ1) is 23.0. The van der Waals surface area contributed by atoms with Gasteiger partial charge in [-0.15, -0.1) is 0 Å². The Kier molecular flexibility index (Phi) is 6.81. The van der Waals surface area contributed by atoms with E-state index in [1.807, 2.05) is 62.3 Å². The Morgan fingerprint density at radius 3 is 2.30 bits per heavy atom. The van der Waals surface area contributed by atoms with Crippen molar-refractivity contribution in [1.82, 2.24) is 4.90 Å². The lowest BCUT2D eigenvalue weighted by molar-refractivity contribution is -0.907. The lowest BCUT2D eigenvalue weighted by Crippen LogP contribution is -3.14. The first-order chi connectivity index (χ1) is 15.9. The van der Waals surface area contributed by atoms with E-state index in [0.29, 0.717) is 25.3 Å². The first-order valence-corrected chi connectivity index (χ1v) is 11.4. The van der Waals surface area contributed by atoms with Gasteiger partial charge in [-0.2, -0.15) is 0 Å². The Morgan fingerprint density at radius 1 is 1.06 bits per heavy atom. The maximum Gasteiger partial charge on any atom is 0.295 e. The highest BCUT2D eigenvalue weighted by molar-refractivity contribution is 6.46. The molecule has 33 heavy (non-hydrogen) atoms. The maximum absolute atomic E-state index is 13.2. The van der Waals surface area contributed by atoms with Gasteiger partial charge in [0.15, 0.2) is 0 Å². The number of aliphatic hydroxyl groups is 1. The fourth-order valence-electron chi connectivity index (χ4n) is 4.47. The van der Waals surface area contributed by atoms with E-state index in [1.165, 1.54) is 4.90 Å². The van der Waals surface area contributed by atoms with E-state index < -0.39 is 17.7 Å². The van der Waals surface area contributed by atoms with Crippen molar-refractivity contribution >= 4 is 23.1 Å². The summed E-state index contributed by atoms with van der Waals surface area (Å²) in [5.74, 6) is -1.32. The van der Waals surface area contributed by atoms with Crippen LogP contribution in [0.15, 0.2) is 54.1 Å². The number of hydrogen-bond donors (Lipinski definition) is 2. The van der Waals surface area contributed by atoms with E-state index in [4.69, 9.17) is 4.74 Å². The summed E-state index contributed by atoms with van der Waals surface area (Å²) in [5.41, 5.74) is 3.57. The van der Waals surface area contributed by atoms with Crippen LogP contribution in [0.3, 0.4) is 0 Å². The molecule has 1 atom stereocenters. The van der Waals surface area contributed by atoms with Crippen LogP contribution in [0.1, 0.15) is 22.7 Å². The predicted molar refractivity (Wildman–Crippen MR) is 127 cm³/mol. The number of carbonyl (C=O) groups is 2. The monoisotopic (exact) mass is 450 g/mol. The zero-order chi connectivity index (χ0) is 23.5. The Morgan fingerprint density at radius 2 is 1.70 bits per heavy atom. The van der Waals surface area contributed by atoms with Crippen LogP contribution in [0.25, 0.3) is 5.76 Å². The topological polar surface area (TPSA) is 74.5 Å². The third-order valence-electron chi connectivity index (χ3n) is 6.50. The van der Waals surface area contributed by atoms with Crippen molar-refractivity contribution in [3.8, 4) is 0 Å². The molecule has 0 aliphatic carbocycles. The molecule has 0 saturated carbocycles. The molecule has 2 saturated heterocycles. The number of anilines is 1. The van der Waals surface area contributed by atoms with Gasteiger partial charge in [0.05, 0.1) is 37.9 Å². The lowest BCUT2D eigenvalue weighted by Gasteiger charge is -2.29. The van der Waals surface area contributed by atoms with Crippen molar-refractivity contribution in [2.24, 2.45) is 0 Å². The third kappa shape index (κ3) is 4.79. The van der Waals surface area contributed by atoms with E-state index in [2.05, 4.69) is 0 Å². The molecule has 2 aromatic rings. The standard InChI is InChI=1S/C26H31N3O4/c1-18-4-6-20(7-5-18)24(30)22-23(19-8-10-21(11-9-19)27(2)3)29(26(32)25(22)31)13-12-28-14-16-33-17-15-28/h4-11,23,30H,12-17H2,1-3H3/p+1. The van der Waals surface area contributed by atoms with Crippen molar-refractivity contribution in [2.45, 2.75) is 13.0 Å². The molecule has 2 aliphatic heterocycles. The van der Waals surface area contributed by atoms with Gasteiger partial charge in [0.25, 0.3) is 11.7 Å². The number of ether oxygens (including phenoxy) is 1. The molecule has 1 unspecified atom stereocenters. The zero-order valence-electron chi connectivity index (χ0n) is 19.5. The molecule has 2 aromatic carbocycles. The Bertz CT molecular complexity index is 1040. The summed E-state index contributed by atoms with van der Waals surface area (Å²) in [6.07, 6.45) is 0. The third-order valence-corrected chi connectivity index (χ3v) is 6.50. The number of hydrogen-bond acceptors (Lipinski definition) is 5. The number of amides is 1. The number of nitrogens with one attached hydrogen (secondary N) is 1. The molecule has 174 valence electrons. The number of ketones is 1. The maximum atomic E-state index is 13.2. The van der Waals surface area contributed by atoms with E-state index in [0.717, 1.165) is 36.4 Å². The molecule has 2 aliphatic rings. The number of aryl methyl sites for hydroxylation is 1. The van der Waals surface area contributed by atoms with Gasteiger partial charge in [-0.1, -0.05) is 42.0 Å². The molecule has 0 aromatic heterocycles. The molecule has 0 spiro atoms. The Hall–Kier alpha value is -3.16. The van der Waals surface area contributed by atoms with Crippen LogP contribution < -0.4 is 9.80 Å². The molecular weight excluding hydrogens is 418 g/mol. The van der Waals surface area contributed by atoms with Gasteiger partial charge >= 0.3 is 0 Å². The van der Waals surface area contributed by atoms with Gasteiger partial charge in [0, 0.05) is 25.3 Å². The fourth-order valence-corrected chi connectivity index (χ4v) is 4.47. The first-order valence-electron chi connectivity index (χ1n) is 11.4. The Labute approximate surface area is 194 Å². The number of carbonyl (C=O) groups excluding carboxylic acids is 2. The van der Waals surface area contributed by atoms with Crippen LogP contribution in [0.2, 0.25) is 0 Å². The smallest absolute Gasteiger partial charge is 0.295 e. The number of rotatable bonds is 6. The molecule has 0 radical (unpaired) electrons. The average Bonchev–Trinajstić information content (AvgIpc) is 3.08. The largest absolute Gasteiger partial charge is 0.507 e. The lowest BCUT2D eigenvalue weighted by atomic mass is 9.95. The van der Waals surface area contributed by atoms with E-state index in [-0.39, 0.29) is 11.3 Å². The predicted octanol–water partition coefficient (Wildman–Crippen LogP) is 1.40. The molecule has 7 nitrogen and oxygen atoms in total. The molecule has 7 heteroatoms. The van der Waals surface area contributed by atoms with Crippen LogP contribution in [0.5, 0.6) is 0 Å². The molecule has 4 rings (SSSR count). The number of likely N-dealkylation sites (tertiary alicyclic amines) is 1. The van der Waals surface area contributed by atoms with Gasteiger partial charge in [0.2, 0.25) is 0 Å². The number of quaternary nitrogens is 1. The second-order valence-electron chi connectivity index (χ2n) is 8.96. The molecular formula is C26H32N3O4+. The van der Waals surface area contributed by atoms with E-state index in [9.17, 15) is 14.7 Å².